The predicted octanol–water partition coefficient (Wildman–Crippen LogP) is 4.58. The van der Waals surface area contributed by atoms with E-state index in [0.717, 1.165) is 24.0 Å². The number of fused-ring (bicyclic) bond motifs is 3. The summed E-state index contributed by atoms with van der Waals surface area (Å²) in [7, 11) is 0. The molecule has 0 bridgehead atoms. The average molecular weight is 392 g/mol. The van der Waals surface area contributed by atoms with Crippen molar-refractivity contribution in [3.05, 3.63) is 63.9 Å². The lowest BCUT2D eigenvalue weighted by Crippen LogP contribution is -2.40. The second-order valence-corrected chi connectivity index (χ2v) is 7.40. The molecule has 0 saturated carbocycles. The van der Waals surface area contributed by atoms with Gasteiger partial charge in [-0.25, -0.2) is 4.39 Å². The predicted molar refractivity (Wildman–Crippen MR) is 94.3 cm³/mol. The molecule has 2 aliphatic rings. The molecular formula is C19H19BrFNO2. The van der Waals surface area contributed by atoms with E-state index in [-0.39, 0.29) is 36.6 Å². The van der Waals surface area contributed by atoms with Crippen LogP contribution in [0.4, 0.5) is 10.1 Å². The third kappa shape index (κ3) is 2.75. The first kappa shape index (κ1) is 16.1. The Labute approximate surface area is 149 Å². The van der Waals surface area contributed by atoms with Gasteiger partial charge in [0.25, 0.3) is 0 Å². The van der Waals surface area contributed by atoms with Crippen LogP contribution in [0.5, 0.6) is 0 Å². The monoisotopic (exact) mass is 391 g/mol. The summed E-state index contributed by atoms with van der Waals surface area (Å²) in [6, 6.07) is 13.5. The summed E-state index contributed by atoms with van der Waals surface area (Å²) < 4.78 is 21.4. The van der Waals surface area contributed by atoms with E-state index in [0.29, 0.717) is 10.2 Å². The molecule has 2 aromatic rings. The SMILES string of the molecule is OC[C@H]1CC[C@@H]2[C@H](O1)c1cc(Br)cc(F)c1N[C@H]2c1ccccc1. The molecule has 1 saturated heterocycles. The van der Waals surface area contributed by atoms with Crippen LogP contribution in [0.25, 0.3) is 0 Å². The van der Waals surface area contributed by atoms with Gasteiger partial charge >= 0.3 is 0 Å². The minimum atomic E-state index is -0.284. The van der Waals surface area contributed by atoms with Crippen LogP contribution in [0.3, 0.4) is 0 Å². The average Bonchev–Trinajstić information content (AvgIpc) is 2.61. The van der Waals surface area contributed by atoms with E-state index in [1.165, 1.54) is 6.07 Å². The van der Waals surface area contributed by atoms with Crippen molar-refractivity contribution in [1.29, 1.82) is 0 Å². The molecule has 5 heteroatoms. The Hall–Kier alpha value is -1.43. The van der Waals surface area contributed by atoms with Gasteiger partial charge in [0, 0.05) is 16.0 Å². The van der Waals surface area contributed by atoms with Crippen LogP contribution >= 0.6 is 15.9 Å². The third-order valence-corrected chi connectivity index (χ3v) is 5.49. The van der Waals surface area contributed by atoms with Gasteiger partial charge in [-0.05, 0) is 30.5 Å². The van der Waals surface area contributed by atoms with E-state index >= 15 is 0 Å². The van der Waals surface area contributed by atoms with Crippen molar-refractivity contribution >= 4 is 21.6 Å². The number of aliphatic hydroxyl groups is 1. The number of anilines is 1. The van der Waals surface area contributed by atoms with Crippen molar-refractivity contribution in [3.8, 4) is 0 Å². The molecule has 24 heavy (non-hydrogen) atoms. The fourth-order valence-corrected chi connectivity index (χ4v) is 4.36. The van der Waals surface area contributed by atoms with Gasteiger partial charge in [-0.15, -0.1) is 0 Å². The number of ether oxygens (including phenoxy) is 1. The Morgan fingerprint density at radius 1 is 1.21 bits per heavy atom. The van der Waals surface area contributed by atoms with Crippen molar-refractivity contribution < 1.29 is 14.2 Å². The Kier molecular flexibility index (Phi) is 4.33. The Bertz CT molecular complexity index is 740. The quantitative estimate of drug-likeness (QED) is 0.786. The molecule has 0 amide bonds. The van der Waals surface area contributed by atoms with Crippen molar-refractivity contribution in [2.75, 3.05) is 11.9 Å². The second kappa shape index (κ2) is 6.47. The summed E-state index contributed by atoms with van der Waals surface area (Å²) >= 11 is 3.38. The lowest BCUT2D eigenvalue weighted by Gasteiger charge is -2.45. The Morgan fingerprint density at radius 2 is 2.00 bits per heavy atom. The number of aliphatic hydroxyl groups excluding tert-OH is 1. The van der Waals surface area contributed by atoms with Crippen molar-refractivity contribution in [2.24, 2.45) is 5.92 Å². The van der Waals surface area contributed by atoms with Gasteiger partial charge in [0.15, 0.2) is 0 Å². The summed E-state index contributed by atoms with van der Waals surface area (Å²) in [5.41, 5.74) is 2.47. The van der Waals surface area contributed by atoms with Gasteiger partial charge < -0.3 is 15.2 Å². The van der Waals surface area contributed by atoms with E-state index in [4.69, 9.17) is 4.74 Å². The van der Waals surface area contributed by atoms with E-state index in [1.54, 1.807) is 0 Å². The molecule has 2 aliphatic heterocycles. The number of nitrogens with one attached hydrogen (secondary N) is 1. The minimum Gasteiger partial charge on any atom is -0.394 e. The van der Waals surface area contributed by atoms with Crippen LogP contribution in [0.1, 0.15) is 36.1 Å². The van der Waals surface area contributed by atoms with Gasteiger partial charge in [0.2, 0.25) is 0 Å². The molecule has 1 fully saturated rings. The molecule has 4 rings (SSSR count). The minimum absolute atomic E-state index is 0.000909. The molecule has 2 aromatic carbocycles. The zero-order chi connectivity index (χ0) is 16.7. The smallest absolute Gasteiger partial charge is 0.147 e. The molecule has 0 spiro atoms. The first-order valence-corrected chi connectivity index (χ1v) is 9.03. The van der Waals surface area contributed by atoms with Crippen LogP contribution in [0, 0.1) is 11.7 Å². The molecule has 0 radical (unpaired) electrons. The third-order valence-electron chi connectivity index (χ3n) is 5.03. The van der Waals surface area contributed by atoms with Crippen molar-refractivity contribution in [3.63, 3.8) is 0 Å². The number of benzene rings is 2. The van der Waals surface area contributed by atoms with Crippen LogP contribution in [-0.2, 0) is 4.74 Å². The molecule has 0 aliphatic carbocycles. The van der Waals surface area contributed by atoms with Gasteiger partial charge in [0.1, 0.15) is 5.82 Å². The van der Waals surface area contributed by atoms with Gasteiger partial charge in [-0.2, -0.15) is 0 Å². The first-order chi connectivity index (χ1) is 11.7. The highest BCUT2D eigenvalue weighted by Gasteiger charge is 2.43. The summed E-state index contributed by atoms with van der Waals surface area (Å²) in [5, 5.41) is 12.9. The highest BCUT2D eigenvalue weighted by atomic mass is 79.9. The van der Waals surface area contributed by atoms with E-state index in [1.807, 2.05) is 24.3 Å². The standard InChI is InChI=1S/C19H19BrFNO2/c20-12-8-15-18(16(21)9-12)22-17(11-4-2-1-3-5-11)14-7-6-13(10-23)24-19(14)15/h1-5,8-9,13-14,17,19,22-23H,6-7,10H2/t13-,14+,17+,19+/m1/s1. The van der Waals surface area contributed by atoms with E-state index in [9.17, 15) is 9.50 Å². The van der Waals surface area contributed by atoms with Gasteiger partial charge in [0.05, 0.1) is 30.5 Å². The zero-order valence-corrected chi connectivity index (χ0v) is 14.7. The number of halogens is 2. The summed E-state index contributed by atoms with van der Waals surface area (Å²) in [6.07, 6.45) is 1.34. The normalized spacial score (nSPS) is 28.6. The second-order valence-electron chi connectivity index (χ2n) is 6.49. The maximum atomic E-state index is 14.6. The maximum Gasteiger partial charge on any atom is 0.147 e. The van der Waals surface area contributed by atoms with Gasteiger partial charge in [-0.3, -0.25) is 0 Å². The topological polar surface area (TPSA) is 41.5 Å². The lowest BCUT2D eigenvalue weighted by molar-refractivity contribution is -0.110. The number of hydrogen-bond acceptors (Lipinski definition) is 3. The fourth-order valence-electron chi connectivity index (χ4n) is 3.91. The van der Waals surface area contributed by atoms with Crippen molar-refractivity contribution in [2.45, 2.75) is 31.1 Å². The first-order valence-electron chi connectivity index (χ1n) is 8.24. The molecular weight excluding hydrogens is 373 g/mol. The highest BCUT2D eigenvalue weighted by molar-refractivity contribution is 9.10. The Morgan fingerprint density at radius 3 is 2.75 bits per heavy atom. The maximum absolute atomic E-state index is 14.6. The van der Waals surface area contributed by atoms with Gasteiger partial charge in [-0.1, -0.05) is 46.3 Å². The molecule has 0 aromatic heterocycles. The number of hydrogen-bond donors (Lipinski definition) is 2. The molecule has 3 nitrogen and oxygen atoms in total. The summed E-state index contributed by atoms with van der Waals surface area (Å²) in [4.78, 5) is 0. The molecule has 126 valence electrons. The summed E-state index contributed by atoms with van der Waals surface area (Å²) in [5.74, 6) is -0.0788. The molecule has 4 atom stereocenters. The lowest BCUT2D eigenvalue weighted by atomic mass is 9.76. The largest absolute Gasteiger partial charge is 0.394 e. The van der Waals surface area contributed by atoms with Crippen LogP contribution in [0.2, 0.25) is 0 Å². The highest BCUT2D eigenvalue weighted by Crippen LogP contribution is 2.51. The van der Waals surface area contributed by atoms with Crippen LogP contribution in [-0.4, -0.2) is 17.8 Å². The van der Waals surface area contributed by atoms with E-state index in [2.05, 4.69) is 33.4 Å². The fraction of sp³-hybridized carbons (Fsp3) is 0.368. The number of rotatable bonds is 2. The van der Waals surface area contributed by atoms with Crippen LogP contribution < -0.4 is 5.32 Å². The molecule has 0 unspecified atom stereocenters. The molecule has 2 heterocycles. The zero-order valence-electron chi connectivity index (χ0n) is 13.1. The summed E-state index contributed by atoms with van der Waals surface area (Å²) in [6.45, 7) is -0.00152. The molecule has 2 N–H and O–H groups in total. The van der Waals surface area contributed by atoms with Crippen molar-refractivity contribution in [1.82, 2.24) is 0 Å². The van der Waals surface area contributed by atoms with Crippen LogP contribution in [0.15, 0.2) is 46.9 Å². The Balaban J connectivity index is 1.80. The van der Waals surface area contributed by atoms with E-state index < -0.39 is 0 Å².